The fourth-order valence-corrected chi connectivity index (χ4v) is 1.34. The maximum absolute atomic E-state index is 11.0. The third kappa shape index (κ3) is 1.34. The van der Waals surface area contributed by atoms with Crippen molar-refractivity contribution in [2.24, 2.45) is 5.11 Å². The maximum atomic E-state index is 11.0. The van der Waals surface area contributed by atoms with E-state index in [4.69, 9.17) is 5.53 Å². The van der Waals surface area contributed by atoms with E-state index in [1.807, 2.05) is 6.07 Å². The predicted octanol–water partition coefficient (Wildman–Crippen LogP) is 2.26. The molecule has 6 nitrogen and oxygen atoms in total. The Morgan fingerprint density at radius 3 is 3.14 bits per heavy atom. The summed E-state index contributed by atoms with van der Waals surface area (Å²) in [5.74, 6) is 0. The third-order valence-corrected chi connectivity index (χ3v) is 1.96. The quantitative estimate of drug-likeness (QED) is 0.396. The summed E-state index contributed by atoms with van der Waals surface area (Å²) in [6.07, 6.45) is 0. The fourth-order valence-electron chi connectivity index (χ4n) is 1.34. The minimum absolute atomic E-state index is 0.280. The van der Waals surface area contributed by atoms with Gasteiger partial charge in [0.25, 0.3) is 0 Å². The van der Waals surface area contributed by atoms with Gasteiger partial charge in [-0.1, -0.05) is 23.3 Å². The van der Waals surface area contributed by atoms with Crippen molar-refractivity contribution in [3.63, 3.8) is 0 Å². The first-order chi connectivity index (χ1) is 6.81. The second-order valence-corrected chi connectivity index (χ2v) is 2.81. The van der Waals surface area contributed by atoms with Crippen LogP contribution < -0.4 is 10.6 Å². The molecule has 2 amide bonds. The van der Waals surface area contributed by atoms with Crippen LogP contribution in [0, 0.1) is 0 Å². The largest absolute Gasteiger partial charge is 0.334 e. The number of hydrogen-bond acceptors (Lipinski definition) is 2. The zero-order valence-electron chi connectivity index (χ0n) is 7.19. The molecule has 0 radical (unpaired) electrons. The van der Waals surface area contributed by atoms with Gasteiger partial charge in [0.05, 0.1) is 11.4 Å². The van der Waals surface area contributed by atoms with Crippen LogP contribution >= 0.6 is 0 Å². The summed E-state index contributed by atoms with van der Waals surface area (Å²) in [5.41, 5.74) is 10.3. The molecule has 6 heteroatoms. The molecule has 1 aromatic carbocycles. The highest BCUT2D eigenvalue weighted by atomic mass is 16.2. The number of carbonyl (C=O) groups excluding carboxylic acids is 1. The molecule has 0 saturated heterocycles. The number of nitrogens with zero attached hydrogens (tertiary/aromatic N) is 3. The Morgan fingerprint density at radius 1 is 1.50 bits per heavy atom. The predicted molar refractivity (Wildman–Crippen MR) is 51.1 cm³/mol. The standard InChI is InChI=1S/C8H7N5O/c9-13-12-6-3-1-2-5-4-10-8(14)11-7(5)6/h1-3H,4H2,(H2,10,11,14). The second kappa shape index (κ2) is 3.27. The van der Waals surface area contributed by atoms with Gasteiger partial charge in [0.15, 0.2) is 0 Å². The fraction of sp³-hybridized carbons (Fsp3) is 0.125. The average molecular weight is 189 g/mol. The van der Waals surface area contributed by atoms with Gasteiger partial charge in [0.1, 0.15) is 0 Å². The van der Waals surface area contributed by atoms with Crippen LogP contribution in [-0.2, 0) is 6.54 Å². The van der Waals surface area contributed by atoms with Gasteiger partial charge in [-0.05, 0) is 11.1 Å². The van der Waals surface area contributed by atoms with E-state index in [2.05, 4.69) is 20.7 Å². The van der Waals surface area contributed by atoms with E-state index in [9.17, 15) is 4.79 Å². The molecule has 2 N–H and O–H groups in total. The number of fused-ring (bicyclic) bond motifs is 1. The number of amides is 2. The number of para-hydroxylation sites is 1. The Hall–Kier alpha value is -2.20. The number of rotatable bonds is 1. The van der Waals surface area contributed by atoms with Gasteiger partial charge in [-0.3, -0.25) is 0 Å². The topological polar surface area (TPSA) is 89.9 Å². The van der Waals surface area contributed by atoms with Crippen LogP contribution in [0.1, 0.15) is 5.56 Å². The molecule has 1 aromatic rings. The van der Waals surface area contributed by atoms with Crippen molar-refractivity contribution >= 4 is 17.4 Å². The van der Waals surface area contributed by atoms with Gasteiger partial charge in [-0.2, -0.15) is 0 Å². The average Bonchev–Trinajstić information content (AvgIpc) is 2.19. The Morgan fingerprint density at radius 2 is 2.36 bits per heavy atom. The van der Waals surface area contributed by atoms with E-state index >= 15 is 0 Å². The van der Waals surface area contributed by atoms with Crippen molar-refractivity contribution in [3.8, 4) is 0 Å². The lowest BCUT2D eigenvalue weighted by molar-refractivity contribution is 0.251. The molecule has 0 saturated carbocycles. The molecule has 1 aliphatic rings. The molecule has 1 aliphatic heterocycles. The zero-order chi connectivity index (χ0) is 9.97. The zero-order valence-corrected chi connectivity index (χ0v) is 7.19. The SMILES string of the molecule is [N-]=[N+]=Nc1cccc2c1NC(=O)NC2. The molecular formula is C8H7N5O. The van der Waals surface area contributed by atoms with Gasteiger partial charge in [0, 0.05) is 11.5 Å². The number of azide groups is 1. The molecule has 0 fully saturated rings. The van der Waals surface area contributed by atoms with Gasteiger partial charge < -0.3 is 10.6 Å². The molecule has 0 aliphatic carbocycles. The lowest BCUT2D eigenvalue weighted by atomic mass is 10.1. The van der Waals surface area contributed by atoms with E-state index in [1.54, 1.807) is 12.1 Å². The minimum Gasteiger partial charge on any atom is -0.334 e. The van der Waals surface area contributed by atoms with Crippen LogP contribution in [0.5, 0.6) is 0 Å². The highest BCUT2D eigenvalue weighted by Crippen LogP contribution is 2.30. The molecule has 0 unspecified atom stereocenters. The number of carbonyl (C=O) groups is 1. The molecule has 0 aromatic heterocycles. The molecular weight excluding hydrogens is 182 g/mol. The van der Waals surface area contributed by atoms with E-state index in [-0.39, 0.29) is 6.03 Å². The summed E-state index contributed by atoms with van der Waals surface area (Å²) in [5, 5.41) is 8.71. The van der Waals surface area contributed by atoms with Crippen molar-refractivity contribution in [3.05, 3.63) is 34.2 Å². The summed E-state index contributed by atoms with van der Waals surface area (Å²) in [6.45, 7) is 0.454. The summed E-state index contributed by atoms with van der Waals surface area (Å²) in [6, 6.07) is 5.02. The van der Waals surface area contributed by atoms with Crippen LogP contribution in [0.15, 0.2) is 23.3 Å². The highest BCUT2D eigenvalue weighted by molar-refractivity contribution is 5.95. The van der Waals surface area contributed by atoms with Crippen molar-refractivity contribution in [1.82, 2.24) is 5.32 Å². The summed E-state index contributed by atoms with van der Waals surface area (Å²) in [4.78, 5) is 13.7. The first-order valence-corrected chi connectivity index (χ1v) is 4.03. The first kappa shape index (κ1) is 8.40. The molecule has 0 spiro atoms. The number of benzene rings is 1. The van der Waals surface area contributed by atoms with Crippen LogP contribution in [0.4, 0.5) is 16.2 Å². The Bertz CT molecular complexity index is 435. The molecule has 2 rings (SSSR count). The summed E-state index contributed by atoms with van der Waals surface area (Å²) in [7, 11) is 0. The lowest BCUT2D eigenvalue weighted by Crippen LogP contribution is -2.33. The molecule has 1 heterocycles. The molecule has 0 atom stereocenters. The van der Waals surface area contributed by atoms with Crippen molar-refractivity contribution < 1.29 is 4.79 Å². The van der Waals surface area contributed by atoms with Gasteiger partial charge in [0.2, 0.25) is 0 Å². The monoisotopic (exact) mass is 189 g/mol. The van der Waals surface area contributed by atoms with E-state index in [1.165, 1.54) is 0 Å². The van der Waals surface area contributed by atoms with Crippen LogP contribution in [0.3, 0.4) is 0 Å². The van der Waals surface area contributed by atoms with Gasteiger partial charge >= 0.3 is 6.03 Å². The normalized spacial score (nSPS) is 13.3. The molecule has 0 bridgehead atoms. The smallest absolute Gasteiger partial charge is 0.319 e. The van der Waals surface area contributed by atoms with Crippen molar-refractivity contribution in [1.29, 1.82) is 0 Å². The highest BCUT2D eigenvalue weighted by Gasteiger charge is 2.15. The van der Waals surface area contributed by atoms with Gasteiger partial charge in [-0.15, -0.1) is 0 Å². The number of anilines is 1. The number of urea groups is 1. The van der Waals surface area contributed by atoms with E-state index in [0.29, 0.717) is 17.9 Å². The van der Waals surface area contributed by atoms with Crippen molar-refractivity contribution in [2.45, 2.75) is 6.54 Å². The van der Waals surface area contributed by atoms with Crippen LogP contribution in [0.2, 0.25) is 0 Å². The third-order valence-electron chi connectivity index (χ3n) is 1.96. The second-order valence-electron chi connectivity index (χ2n) is 2.81. The van der Waals surface area contributed by atoms with Crippen LogP contribution in [-0.4, -0.2) is 6.03 Å². The summed E-state index contributed by atoms with van der Waals surface area (Å²) >= 11 is 0. The lowest BCUT2D eigenvalue weighted by Gasteiger charge is -2.19. The molecule has 70 valence electrons. The molecule has 14 heavy (non-hydrogen) atoms. The number of hydrogen-bond donors (Lipinski definition) is 2. The first-order valence-electron chi connectivity index (χ1n) is 4.03. The number of nitrogens with one attached hydrogen (secondary N) is 2. The van der Waals surface area contributed by atoms with E-state index < -0.39 is 0 Å². The van der Waals surface area contributed by atoms with Crippen LogP contribution in [0.25, 0.3) is 10.4 Å². The maximum Gasteiger partial charge on any atom is 0.319 e. The van der Waals surface area contributed by atoms with E-state index in [0.717, 1.165) is 5.56 Å². The van der Waals surface area contributed by atoms with Gasteiger partial charge in [-0.25, -0.2) is 4.79 Å². The Kier molecular flexibility index (Phi) is 1.96. The van der Waals surface area contributed by atoms with Crippen molar-refractivity contribution in [2.75, 3.05) is 5.32 Å². The summed E-state index contributed by atoms with van der Waals surface area (Å²) < 4.78 is 0. The Labute approximate surface area is 79.6 Å². The Balaban J connectivity index is 2.53. The minimum atomic E-state index is -0.280.